The molecule has 0 unspecified atom stereocenters. The van der Waals surface area contributed by atoms with Crippen LogP contribution in [-0.4, -0.2) is 36.1 Å². The molecule has 0 bridgehead atoms. The van der Waals surface area contributed by atoms with E-state index in [0.29, 0.717) is 22.7 Å². The zero-order chi connectivity index (χ0) is 21.8. The van der Waals surface area contributed by atoms with E-state index in [-0.39, 0.29) is 19.2 Å². The molecule has 1 aromatic heterocycles. The first-order chi connectivity index (χ1) is 15.0. The van der Waals surface area contributed by atoms with E-state index >= 15 is 0 Å². The molecule has 0 aliphatic carbocycles. The maximum absolute atomic E-state index is 12.5. The molecule has 1 amide bonds. The predicted octanol–water partition coefficient (Wildman–Crippen LogP) is 3.91. The number of benzene rings is 2. The fourth-order valence-corrected chi connectivity index (χ4v) is 5.01. The molecule has 0 saturated carbocycles. The van der Waals surface area contributed by atoms with Crippen molar-refractivity contribution in [3.8, 4) is 11.5 Å². The van der Waals surface area contributed by atoms with Gasteiger partial charge in [-0.25, -0.2) is 0 Å². The van der Waals surface area contributed by atoms with E-state index in [0.717, 1.165) is 22.4 Å². The number of fused-ring (bicyclic) bond motifs is 2. The van der Waals surface area contributed by atoms with Crippen molar-refractivity contribution in [3.05, 3.63) is 46.8 Å². The summed E-state index contributed by atoms with van der Waals surface area (Å²) in [7, 11) is 1.33. The van der Waals surface area contributed by atoms with Crippen molar-refractivity contribution in [3.63, 3.8) is 0 Å². The van der Waals surface area contributed by atoms with Crippen LogP contribution in [0.3, 0.4) is 0 Å². The normalized spacial score (nSPS) is 13.0. The third kappa shape index (κ3) is 5.11. The molecule has 31 heavy (non-hydrogen) atoms. The molecule has 0 radical (unpaired) electrons. The number of aromatic nitrogens is 1. The Morgan fingerprint density at radius 1 is 1.19 bits per heavy atom. The number of amides is 1. The van der Waals surface area contributed by atoms with Gasteiger partial charge in [0.05, 0.1) is 17.3 Å². The second-order valence-corrected chi connectivity index (χ2v) is 9.17. The summed E-state index contributed by atoms with van der Waals surface area (Å²) in [6, 6.07) is 12.0. The third-order valence-electron chi connectivity index (χ3n) is 4.74. The number of carbonyl (C=O) groups is 2. The number of hydrogen-bond donors (Lipinski definition) is 0. The molecule has 2 aromatic carbocycles. The van der Waals surface area contributed by atoms with Gasteiger partial charge in [0, 0.05) is 23.4 Å². The second-order valence-electron chi connectivity index (χ2n) is 6.99. The third-order valence-corrected chi connectivity index (χ3v) is 6.88. The number of methoxy groups -OCH3 is 1. The molecule has 2 heterocycles. The van der Waals surface area contributed by atoms with Gasteiger partial charge >= 0.3 is 5.97 Å². The van der Waals surface area contributed by atoms with Crippen LogP contribution < -0.4 is 14.3 Å². The number of thioether (sulfide) groups is 1. The Kier molecular flexibility index (Phi) is 6.62. The topological polar surface area (TPSA) is 79.1 Å². The van der Waals surface area contributed by atoms with Gasteiger partial charge < -0.3 is 18.8 Å². The number of nitrogens with zero attached hydrogens (tertiary/aromatic N) is 2. The Morgan fingerprint density at radius 2 is 1.94 bits per heavy atom. The van der Waals surface area contributed by atoms with Gasteiger partial charge in [-0.15, -0.1) is 11.8 Å². The highest BCUT2D eigenvalue weighted by atomic mass is 32.2. The fraction of sp³-hybridized carbons (Fsp3) is 0.318. The first-order valence-corrected chi connectivity index (χ1v) is 11.6. The van der Waals surface area contributed by atoms with Gasteiger partial charge in [-0.1, -0.05) is 29.0 Å². The molecule has 0 fully saturated rings. The molecule has 1 aliphatic rings. The van der Waals surface area contributed by atoms with Gasteiger partial charge in [0.1, 0.15) is 6.54 Å². The summed E-state index contributed by atoms with van der Waals surface area (Å²) in [6.07, 6.45) is 1.06. The Morgan fingerprint density at radius 3 is 2.68 bits per heavy atom. The molecule has 0 atom stereocenters. The van der Waals surface area contributed by atoms with Crippen LogP contribution >= 0.6 is 23.1 Å². The maximum Gasteiger partial charge on any atom is 0.325 e. The Labute approximate surface area is 187 Å². The smallest absolute Gasteiger partial charge is 0.325 e. The molecule has 0 N–H and O–H groups in total. The van der Waals surface area contributed by atoms with Crippen molar-refractivity contribution in [1.82, 2.24) is 4.57 Å². The monoisotopic (exact) mass is 458 g/mol. The van der Waals surface area contributed by atoms with E-state index in [1.165, 1.54) is 28.9 Å². The SMILES string of the molecule is COC(=O)Cn1c(=NC(=O)CCCSc2ccc(C)cc2)sc2cc3c(cc21)OCO3. The molecular weight excluding hydrogens is 436 g/mol. The van der Waals surface area contributed by atoms with E-state index in [1.807, 2.05) is 6.07 Å². The number of thiazole rings is 1. The summed E-state index contributed by atoms with van der Waals surface area (Å²) in [6.45, 7) is 2.19. The standard InChI is InChI=1S/C22H22N2O5S2/c1-14-5-7-15(8-6-14)30-9-3-4-20(25)23-22-24(12-21(26)27-2)16-10-17-18(29-13-28-17)11-19(16)31-22/h5-8,10-11H,3-4,9,12-13H2,1-2H3. The van der Waals surface area contributed by atoms with Crippen LogP contribution in [0.5, 0.6) is 11.5 Å². The summed E-state index contributed by atoms with van der Waals surface area (Å²) in [5.41, 5.74) is 1.98. The minimum absolute atomic E-state index is 0.0362. The van der Waals surface area contributed by atoms with Crippen LogP contribution in [0.25, 0.3) is 10.2 Å². The maximum atomic E-state index is 12.5. The van der Waals surface area contributed by atoms with Crippen LogP contribution in [0, 0.1) is 6.92 Å². The van der Waals surface area contributed by atoms with E-state index in [2.05, 4.69) is 36.2 Å². The van der Waals surface area contributed by atoms with E-state index in [1.54, 1.807) is 22.4 Å². The summed E-state index contributed by atoms with van der Waals surface area (Å²) in [5.74, 6) is 1.45. The van der Waals surface area contributed by atoms with Crippen molar-refractivity contribution in [2.45, 2.75) is 31.2 Å². The highest BCUT2D eigenvalue weighted by Crippen LogP contribution is 2.37. The quantitative estimate of drug-likeness (QED) is 0.303. The first-order valence-electron chi connectivity index (χ1n) is 9.80. The molecule has 3 aromatic rings. The van der Waals surface area contributed by atoms with Crippen molar-refractivity contribution in [2.75, 3.05) is 19.7 Å². The Balaban J connectivity index is 1.49. The van der Waals surface area contributed by atoms with E-state index < -0.39 is 5.97 Å². The molecule has 9 heteroatoms. The molecule has 4 rings (SSSR count). The molecule has 1 aliphatic heterocycles. The van der Waals surface area contributed by atoms with Gasteiger partial charge in [-0.2, -0.15) is 4.99 Å². The second kappa shape index (κ2) is 9.57. The summed E-state index contributed by atoms with van der Waals surface area (Å²) >= 11 is 3.06. The van der Waals surface area contributed by atoms with Crippen LogP contribution in [0.15, 0.2) is 46.3 Å². The Hall–Kier alpha value is -2.78. The number of carbonyl (C=O) groups excluding carboxylic acids is 2. The molecule has 7 nitrogen and oxygen atoms in total. The number of esters is 1. The molecule has 0 saturated heterocycles. The average Bonchev–Trinajstić information content (AvgIpc) is 3.34. The van der Waals surface area contributed by atoms with Crippen molar-refractivity contribution in [2.24, 2.45) is 4.99 Å². The molecule has 162 valence electrons. The summed E-state index contributed by atoms with van der Waals surface area (Å²) in [4.78, 5) is 30.4. The van der Waals surface area contributed by atoms with Gasteiger partial charge in [0.2, 0.25) is 12.7 Å². The number of rotatable bonds is 7. The minimum Gasteiger partial charge on any atom is -0.468 e. The van der Waals surface area contributed by atoms with Crippen LogP contribution in [0.1, 0.15) is 18.4 Å². The van der Waals surface area contributed by atoms with Gasteiger partial charge in [-0.05, 0) is 31.2 Å². The molecule has 0 spiro atoms. The van der Waals surface area contributed by atoms with Crippen LogP contribution in [0.4, 0.5) is 0 Å². The van der Waals surface area contributed by atoms with Crippen molar-refractivity contribution < 1.29 is 23.8 Å². The van der Waals surface area contributed by atoms with E-state index in [9.17, 15) is 9.59 Å². The largest absolute Gasteiger partial charge is 0.468 e. The van der Waals surface area contributed by atoms with Gasteiger partial charge in [0.25, 0.3) is 0 Å². The lowest BCUT2D eigenvalue weighted by Gasteiger charge is -2.04. The number of aryl methyl sites for hydroxylation is 1. The minimum atomic E-state index is -0.416. The lowest BCUT2D eigenvalue weighted by atomic mass is 10.2. The number of ether oxygens (including phenoxy) is 3. The van der Waals surface area contributed by atoms with Gasteiger partial charge in [0.15, 0.2) is 16.3 Å². The summed E-state index contributed by atoms with van der Waals surface area (Å²) < 4.78 is 18.2. The lowest BCUT2D eigenvalue weighted by molar-refractivity contribution is -0.141. The average molecular weight is 459 g/mol. The summed E-state index contributed by atoms with van der Waals surface area (Å²) in [5, 5.41) is 0. The van der Waals surface area contributed by atoms with Crippen molar-refractivity contribution >= 4 is 45.2 Å². The highest BCUT2D eigenvalue weighted by molar-refractivity contribution is 7.99. The highest BCUT2D eigenvalue weighted by Gasteiger charge is 2.19. The molecular formula is C22H22N2O5S2. The lowest BCUT2D eigenvalue weighted by Crippen LogP contribution is -2.22. The number of hydrogen-bond acceptors (Lipinski definition) is 7. The zero-order valence-corrected chi connectivity index (χ0v) is 18.9. The van der Waals surface area contributed by atoms with Crippen molar-refractivity contribution in [1.29, 1.82) is 0 Å². The predicted molar refractivity (Wildman–Crippen MR) is 120 cm³/mol. The fourth-order valence-electron chi connectivity index (χ4n) is 3.10. The van der Waals surface area contributed by atoms with E-state index in [4.69, 9.17) is 14.2 Å². The van der Waals surface area contributed by atoms with Crippen LogP contribution in [-0.2, 0) is 20.9 Å². The first kappa shape index (κ1) is 21.5. The van der Waals surface area contributed by atoms with Crippen LogP contribution in [0.2, 0.25) is 0 Å². The Bertz CT molecular complexity index is 1180. The zero-order valence-electron chi connectivity index (χ0n) is 17.3. The van der Waals surface area contributed by atoms with Gasteiger partial charge in [-0.3, -0.25) is 9.59 Å².